The molecule has 0 saturated heterocycles. The van der Waals surface area contributed by atoms with Crippen molar-refractivity contribution >= 4 is 38.3 Å². The lowest BCUT2D eigenvalue weighted by molar-refractivity contribution is 0.102. The van der Waals surface area contributed by atoms with Gasteiger partial charge in [0.05, 0.1) is 11.1 Å². The highest BCUT2D eigenvalue weighted by Gasteiger charge is 2.19. The molecule has 1 amide bonds. The number of aromatic nitrogens is 2. The molecular formula is C17H12BrN3O4. The number of ether oxygens (including phenoxy) is 2. The van der Waals surface area contributed by atoms with Crippen LogP contribution in [0.15, 0.2) is 45.7 Å². The second-order valence-electron chi connectivity index (χ2n) is 5.38. The highest BCUT2D eigenvalue weighted by molar-refractivity contribution is 9.10. The van der Waals surface area contributed by atoms with E-state index in [1.807, 2.05) is 0 Å². The largest absolute Gasteiger partial charge is 0.486 e. The first-order valence-electron chi connectivity index (χ1n) is 7.51. The molecular weight excluding hydrogens is 390 g/mol. The summed E-state index contributed by atoms with van der Waals surface area (Å²) < 4.78 is 11.7. The summed E-state index contributed by atoms with van der Waals surface area (Å²) in [6, 6.07) is 10.2. The van der Waals surface area contributed by atoms with E-state index >= 15 is 0 Å². The van der Waals surface area contributed by atoms with E-state index in [0.29, 0.717) is 45.6 Å². The summed E-state index contributed by atoms with van der Waals surface area (Å²) >= 11 is 3.41. The van der Waals surface area contributed by atoms with E-state index in [4.69, 9.17) is 9.47 Å². The lowest BCUT2D eigenvalue weighted by atomic mass is 10.1. The van der Waals surface area contributed by atoms with Gasteiger partial charge in [0.1, 0.15) is 13.2 Å². The van der Waals surface area contributed by atoms with Gasteiger partial charge in [-0.3, -0.25) is 9.59 Å². The maximum absolute atomic E-state index is 12.7. The molecule has 0 radical (unpaired) electrons. The molecule has 1 aromatic heterocycles. The Hall–Kier alpha value is -2.87. The van der Waals surface area contributed by atoms with Gasteiger partial charge in [-0.05, 0) is 22.0 Å². The van der Waals surface area contributed by atoms with Crippen molar-refractivity contribution in [3.05, 3.63) is 56.9 Å². The molecule has 0 atom stereocenters. The normalized spacial score (nSPS) is 12.8. The molecule has 2 heterocycles. The Morgan fingerprint density at radius 3 is 2.56 bits per heavy atom. The zero-order valence-electron chi connectivity index (χ0n) is 12.8. The van der Waals surface area contributed by atoms with Gasteiger partial charge in [0, 0.05) is 22.0 Å². The third kappa shape index (κ3) is 2.85. The predicted molar refractivity (Wildman–Crippen MR) is 95.4 cm³/mol. The Balaban J connectivity index is 1.72. The van der Waals surface area contributed by atoms with Crippen LogP contribution < -0.4 is 20.3 Å². The van der Waals surface area contributed by atoms with Gasteiger partial charge in [-0.15, -0.1) is 0 Å². The number of nitrogens with one attached hydrogen (secondary N) is 2. The van der Waals surface area contributed by atoms with Crippen molar-refractivity contribution in [1.29, 1.82) is 0 Å². The van der Waals surface area contributed by atoms with Gasteiger partial charge < -0.3 is 14.8 Å². The average Bonchev–Trinajstić information content (AvgIpc) is 2.63. The van der Waals surface area contributed by atoms with E-state index in [0.717, 1.165) is 0 Å². The number of nitrogens with zero attached hydrogens (tertiary/aromatic N) is 1. The summed E-state index contributed by atoms with van der Waals surface area (Å²) in [4.78, 5) is 24.5. The van der Waals surface area contributed by atoms with Crippen molar-refractivity contribution in [1.82, 2.24) is 10.2 Å². The topological polar surface area (TPSA) is 93.3 Å². The van der Waals surface area contributed by atoms with Crippen LogP contribution in [0, 0.1) is 0 Å². The molecule has 1 aliphatic rings. The second-order valence-corrected chi connectivity index (χ2v) is 6.23. The van der Waals surface area contributed by atoms with E-state index in [1.165, 1.54) is 0 Å². The Bertz CT molecular complexity index is 1050. The van der Waals surface area contributed by atoms with Crippen molar-refractivity contribution in [3.8, 4) is 11.5 Å². The molecule has 3 aromatic rings. The minimum Gasteiger partial charge on any atom is -0.486 e. The molecule has 0 unspecified atom stereocenters. The molecule has 0 aliphatic carbocycles. The molecule has 2 aromatic carbocycles. The van der Waals surface area contributed by atoms with Crippen LogP contribution in [0.2, 0.25) is 0 Å². The minimum absolute atomic E-state index is 0.136. The van der Waals surface area contributed by atoms with Crippen LogP contribution in [0.25, 0.3) is 10.8 Å². The van der Waals surface area contributed by atoms with Crippen molar-refractivity contribution in [2.45, 2.75) is 0 Å². The molecule has 1 aliphatic heterocycles. The summed E-state index contributed by atoms with van der Waals surface area (Å²) in [5.74, 6) is 0.734. The summed E-state index contributed by atoms with van der Waals surface area (Å²) in [6.07, 6.45) is 0. The number of hydrogen-bond donors (Lipinski definition) is 2. The third-order valence-corrected chi connectivity index (χ3v) is 4.45. The number of aromatic amines is 1. The number of carbonyl (C=O) groups excluding carboxylic acids is 1. The zero-order chi connectivity index (χ0) is 17.4. The monoisotopic (exact) mass is 401 g/mol. The first-order valence-corrected chi connectivity index (χ1v) is 8.31. The lowest BCUT2D eigenvalue weighted by Crippen LogP contribution is -2.20. The molecule has 0 bridgehead atoms. The number of fused-ring (bicyclic) bond motifs is 2. The molecule has 7 nitrogen and oxygen atoms in total. The number of hydrogen-bond acceptors (Lipinski definition) is 5. The number of benzene rings is 2. The first kappa shape index (κ1) is 15.6. The van der Waals surface area contributed by atoms with Gasteiger partial charge in [0.2, 0.25) is 0 Å². The molecule has 2 N–H and O–H groups in total. The Labute approximate surface area is 150 Å². The van der Waals surface area contributed by atoms with Crippen LogP contribution in [0.4, 0.5) is 5.69 Å². The first-order chi connectivity index (χ1) is 12.1. The van der Waals surface area contributed by atoms with E-state index in [9.17, 15) is 9.59 Å². The Morgan fingerprint density at radius 2 is 1.80 bits per heavy atom. The maximum atomic E-state index is 12.7. The minimum atomic E-state index is -0.440. The molecule has 0 spiro atoms. The van der Waals surface area contributed by atoms with Crippen LogP contribution >= 0.6 is 15.9 Å². The second kappa shape index (κ2) is 6.21. The van der Waals surface area contributed by atoms with Gasteiger partial charge in [-0.2, -0.15) is 5.10 Å². The standard InChI is InChI=1S/C17H12BrN3O4/c18-11-7-13-14(25-6-5-24-13)8-12(11)19-17(23)15-9-3-1-2-4-10(9)16(22)21-20-15/h1-4,7-8H,5-6H2,(H,19,23)(H,21,22). The quantitative estimate of drug-likeness (QED) is 0.688. The van der Waals surface area contributed by atoms with Gasteiger partial charge in [0.15, 0.2) is 17.2 Å². The molecule has 25 heavy (non-hydrogen) atoms. The number of carbonyl (C=O) groups is 1. The average molecular weight is 402 g/mol. The number of anilines is 1. The van der Waals surface area contributed by atoms with Gasteiger partial charge >= 0.3 is 0 Å². The van der Waals surface area contributed by atoms with Gasteiger partial charge in [-0.1, -0.05) is 18.2 Å². The summed E-state index contributed by atoms with van der Waals surface area (Å²) in [5, 5.41) is 9.92. The van der Waals surface area contributed by atoms with E-state index in [1.54, 1.807) is 36.4 Å². The summed E-state index contributed by atoms with van der Waals surface area (Å²) in [5.41, 5.74) is 0.316. The Morgan fingerprint density at radius 1 is 1.12 bits per heavy atom. The van der Waals surface area contributed by atoms with Gasteiger partial charge in [-0.25, -0.2) is 5.10 Å². The fourth-order valence-corrected chi connectivity index (χ4v) is 3.05. The van der Waals surface area contributed by atoms with Crippen molar-refractivity contribution in [2.24, 2.45) is 0 Å². The molecule has 0 saturated carbocycles. The molecule has 8 heteroatoms. The number of halogens is 1. The number of amides is 1. The highest BCUT2D eigenvalue weighted by Crippen LogP contribution is 2.38. The van der Waals surface area contributed by atoms with Crippen LogP contribution in [-0.4, -0.2) is 29.3 Å². The smallest absolute Gasteiger partial charge is 0.276 e. The van der Waals surface area contributed by atoms with Crippen LogP contribution in [0.1, 0.15) is 10.5 Å². The molecule has 126 valence electrons. The SMILES string of the molecule is O=C(Nc1cc2c(cc1Br)OCCO2)c1n[nH]c(=O)c2ccccc12. The number of H-pyrrole nitrogens is 1. The summed E-state index contributed by atoms with van der Waals surface area (Å²) in [6.45, 7) is 0.937. The van der Waals surface area contributed by atoms with E-state index < -0.39 is 5.91 Å². The Kier molecular flexibility index (Phi) is 3.89. The molecule has 0 fully saturated rings. The maximum Gasteiger partial charge on any atom is 0.276 e. The third-order valence-electron chi connectivity index (χ3n) is 3.79. The van der Waals surface area contributed by atoms with Crippen molar-refractivity contribution < 1.29 is 14.3 Å². The summed E-state index contributed by atoms with van der Waals surface area (Å²) in [7, 11) is 0. The lowest BCUT2D eigenvalue weighted by Gasteiger charge is -2.20. The zero-order valence-corrected chi connectivity index (χ0v) is 14.4. The number of rotatable bonds is 2. The highest BCUT2D eigenvalue weighted by atomic mass is 79.9. The van der Waals surface area contributed by atoms with Crippen molar-refractivity contribution in [2.75, 3.05) is 18.5 Å². The van der Waals surface area contributed by atoms with Crippen molar-refractivity contribution in [3.63, 3.8) is 0 Å². The predicted octanol–water partition coefficient (Wildman–Crippen LogP) is 2.71. The van der Waals surface area contributed by atoms with Crippen LogP contribution in [0.5, 0.6) is 11.5 Å². The molecule has 4 rings (SSSR count). The van der Waals surface area contributed by atoms with E-state index in [-0.39, 0.29) is 11.3 Å². The van der Waals surface area contributed by atoms with E-state index in [2.05, 4.69) is 31.4 Å². The van der Waals surface area contributed by atoms with Crippen LogP contribution in [-0.2, 0) is 0 Å². The van der Waals surface area contributed by atoms with Gasteiger partial charge in [0.25, 0.3) is 11.5 Å². The fraction of sp³-hybridized carbons (Fsp3) is 0.118. The fourth-order valence-electron chi connectivity index (χ4n) is 2.63. The van der Waals surface area contributed by atoms with Crippen LogP contribution in [0.3, 0.4) is 0 Å².